The van der Waals surface area contributed by atoms with Crippen LogP contribution in [-0.4, -0.2) is 47.1 Å². The molecule has 4 fully saturated rings. The number of fused-ring (bicyclic) bond motifs is 7. The minimum Gasteiger partial charge on any atom is -0.469 e. The van der Waals surface area contributed by atoms with Gasteiger partial charge in [-0.2, -0.15) is 0 Å². The number of aliphatic hydroxyl groups excluding tert-OH is 1. The van der Waals surface area contributed by atoms with Gasteiger partial charge in [0.15, 0.2) is 0 Å². The van der Waals surface area contributed by atoms with Crippen LogP contribution in [0.5, 0.6) is 0 Å². The van der Waals surface area contributed by atoms with Crippen LogP contribution < -0.4 is 0 Å². The fourth-order valence-electron chi connectivity index (χ4n) is 11.5. The number of aliphatic hydroxyl groups is 2. The Kier molecular flexibility index (Phi) is 6.57. The van der Waals surface area contributed by atoms with Crippen LogP contribution in [-0.2, 0) is 19.1 Å². The fraction of sp³-hybridized carbons (Fsp3) is 0.879. The number of carbonyl (C=O) groups excluding carboxylic acids is 2. The van der Waals surface area contributed by atoms with E-state index >= 15 is 0 Å². The highest BCUT2D eigenvalue weighted by Crippen LogP contribution is 2.76. The molecule has 11 atom stereocenters. The van der Waals surface area contributed by atoms with E-state index in [0.717, 1.165) is 44.9 Å². The van der Waals surface area contributed by atoms with Gasteiger partial charge < -0.3 is 19.7 Å². The Morgan fingerprint density at radius 1 is 0.974 bits per heavy atom. The minimum absolute atomic E-state index is 0.0550. The first-order valence-electron chi connectivity index (χ1n) is 15.3. The van der Waals surface area contributed by atoms with Crippen molar-refractivity contribution < 1.29 is 29.3 Å². The zero-order chi connectivity index (χ0) is 29.0. The van der Waals surface area contributed by atoms with Crippen molar-refractivity contribution in [2.75, 3.05) is 7.11 Å². The summed E-state index contributed by atoms with van der Waals surface area (Å²) >= 11 is 0. The molecule has 0 amide bonds. The van der Waals surface area contributed by atoms with Gasteiger partial charge in [-0.15, -0.1) is 0 Å². The Bertz CT molecular complexity index is 1080. The van der Waals surface area contributed by atoms with Crippen molar-refractivity contribution in [3.63, 3.8) is 0 Å². The summed E-state index contributed by atoms with van der Waals surface area (Å²) in [5.41, 5.74) is -1.15. The topological polar surface area (TPSA) is 93.1 Å². The largest absolute Gasteiger partial charge is 0.469 e. The maximum atomic E-state index is 13.5. The molecular weight excluding hydrogens is 492 g/mol. The summed E-state index contributed by atoms with van der Waals surface area (Å²) in [4.78, 5) is 25.5. The van der Waals surface area contributed by atoms with Crippen LogP contribution >= 0.6 is 0 Å². The molecule has 0 heterocycles. The summed E-state index contributed by atoms with van der Waals surface area (Å²) in [6.45, 7) is 17.0. The molecule has 0 saturated heterocycles. The lowest BCUT2D eigenvalue weighted by molar-refractivity contribution is -0.241. The van der Waals surface area contributed by atoms with Crippen LogP contribution in [0.3, 0.4) is 0 Å². The zero-order valence-electron chi connectivity index (χ0n) is 25.7. The number of hydrogen-bond acceptors (Lipinski definition) is 6. The molecule has 0 aliphatic heterocycles. The smallest absolute Gasteiger partial charge is 0.312 e. The number of hydrogen-bond donors (Lipinski definition) is 2. The second-order valence-corrected chi connectivity index (χ2v) is 15.7. The Morgan fingerprint density at radius 3 is 2.26 bits per heavy atom. The van der Waals surface area contributed by atoms with E-state index < -0.39 is 23.2 Å². The molecule has 0 spiro atoms. The maximum absolute atomic E-state index is 13.5. The van der Waals surface area contributed by atoms with E-state index in [1.54, 1.807) is 0 Å². The van der Waals surface area contributed by atoms with Gasteiger partial charge in [0.05, 0.1) is 24.2 Å². The molecule has 6 nitrogen and oxygen atoms in total. The van der Waals surface area contributed by atoms with E-state index in [0.29, 0.717) is 18.3 Å². The second-order valence-electron chi connectivity index (χ2n) is 15.7. The first-order valence-corrected chi connectivity index (χ1v) is 15.3. The summed E-state index contributed by atoms with van der Waals surface area (Å²) in [6.07, 6.45) is 7.94. The lowest BCUT2D eigenvalue weighted by Crippen LogP contribution is -2.69. The molecule has 2 N–H and O–H groups in total. The van der Waals surface area contributed by atoms with E-state index in [-0.39, 0.29) is 45.4 Å². The van der Waals surface area contributed by atoms with Crippen molar-refractivity contribution in [3.8, 4) is 0 Å². The van der Waals surface area contributed by atoms with Crippen LogP contribution in [0.2, 0.25) is 0 Å². The van der Waals surface area contributed by atoms with Gasteiger partial charge in [0, 0.05) is 12.8 Å². The predicted molar refractivity (Wildman–Crippen MR) is 149 cm³/mol. The highest BCUT2D eigenvalue weighted by molar-refractivity contribution is 5.79. The molecule has 0 bridgehead atoms. The minimum atomic E-state index is -0.998. The summed E-state index contributed by atoms with van der Waals surface area (Å²) < 4.78 is 11.2. The number of esters is 2. The average molecular weight is 545 g/mol. The first kappa shape index (κ1) is 29.1. The summed E-state index contributed by atoms with van der Waals surface area (Å²) in [5, 5.41) is 23.5. The molecule has 0 aromatic carbocycles. The monoisotopic (exact) mass is 544 g/mol. The van der Waals surface area contributed by atoms with Crippen molar-refractivity contribution in [1.82, 2.24) is 0 Å². The van der Waals surface area contributed by atoms with Crippen molar-refractivity contribution in [1.29, 1.82) is 0 Å². The average Bonchev–Trinajstić information content (AvgIpc) is 2.84. The highest BCUT2D eigenvalue weighted by Gasteiger charge is 2.72. The van der Waals surface area contributed by atoms with Crippen LogP contribution in [0.25, 0.3) is 0 Å². The second kappa shape index (κ2) is 8.80. The van der Waals surface area contributed by atoms with Gasteiger partial charge in [0.25, 0.3) is 0 Å². The van der Waals surface area contributed by atoms with Crippen LogP contribution in [0.15, 0.2) is 11.6 Å². The van der Waals surface area contributed by atoms with Gasteiger partial charge in [0.2, 0.25) is 0 Å². The van der Waals surface area contributed by atoms with Gasteiger partial charge in [-0.3, -0.25) is 9.59 Å². The molecule has 220 valence electrons. The van der Waals surface area contributed by atoms with E-state index in [1.165, 1.54) is 19.6 Å². The Hall–Kier alpha value is -1.40. The number of rotatable bonds is 2. The first-order chi connectivity index (χ1) is 17.9. The molecule has 5 aliphatic carbocycles. The standard InChI is InChI=1S/C33H52O6/c1-19-12-15-33(27(36)38-9)17-16-30(6)21(25(33)32(19,8)37)10-11-24-29(5)18-22(39-20(2)34)26(35)28(3,4)23(29)13-14-31(24,30)7/h10,19,22-26,35,37H,11-18H2,1-9H3/t19-,22-,23+,24-,25-,26+,29+,30-,31-,32-,33+/m1/s1. The van der Waals surface area contributed by atoms with Crippen LogP contribution in [0, 0.1) is 50.7 Å². The van der Waals surface area contributed by atoms with Gasteiger partial charge >= 0.3 is 11.9 Å². The Morgan fingerprint density at radius 2 is 1.64 bits per heavy atom. The van der Waals surface area contributed by atoms with Crippen molar-refractivity contribution in [2.45, 2.75) is 125 Å². The van der Waals surface area contributed by atoms with Gasteiger partial charge in [-0.25, -0.2) is 0 Å². The predicted octanol–water partition coefficient (Wildman–Crippen LogP) is 5.83. The van der Waals surface area contributed by atoms with Crippen molar-refractivity contribution in [3.05, 3.63) is 11.6 Å². The van der Waals surface area contributed by atoms with Gasteiger partial charge in [-0.1, -0.05) is 53.2 Å². The quantitative estimate of drug-likeness (QED) is 0.335. The van der Waals surface area contributed by atoms with Crippen LogP contribution in [0.4, 0.5) is 0 Å². The molecule has 5 rings (SSSR count). The van der Waals surface area contributed by atoms with E-state index in [9.17, 15) is 19.8 Å². The molecular formula is C33H52O6. The van der Waals surface area contributed by atoms with Crippen molar-refractivity contribution in [2.24, 2.45) is 50.7 Å². The number of carbonyl (C=O) groups is 2. The third-order valence-corrected chi connectivity index (χ3v) is 13.9. The normalized spacial score (nSPS) is 52.2. The van der Waals surface area contributed by atoms with E-state index in [2.05, 4.69) is 47.6 Å². The third kappa shape index (κ3) is 3.58. The van der Waals surface area contributed by atoms with Gasteiger partial charge in [0.1, 0.15) is 6.10 Å². The lowest BCUT2D eigenvalue weighted by atomic mass is 9.33. The molecule has 0 aromatic rings. The lowest BCUT2D eigenvalue weighted by Gasteiger charge is -2.72. The maximum Gasteiger partial charge on any atom is 0.312 e. The SMILES string of the molecule is COC(=O)[C@]12CC[C@@H](C)[C@@](C)(O)[C@H]1C1=CC[C@@H]3[C@@]4(C)C[C@@H](OC(C)=O)[C@H](O)C(C)(C)[C@@H]4CC[C@@]3(C)[C@]1(C)CC2. The van der Waals surface area contributed by atoms with E-state index in [1.807, 2.05) is 6.92 Å². The number of methoxy groups -OCH3 is 1. The molecule has 6 heteroatoms. The molecule has 0 radical (unpaired) electrons. The highest BCUT2D eigenvalue weighted by atomic mass is 16.6. The third-order valence-electron chi connectivity index (χ3n) is 13.9. The molecule has 0 unspecified atom stereocenters. The number of ether oxygens (including phenoxy) is 2. The Balaban J connectivity index is 1.63. The summed E-state index contributed by atoms with van der Waals surface area (Å²) in [5.74, 6) is -0.0434. The molecule has 0 aromatic heterocycles. The van der Waals surface area contributed by atoms with Crippen molar-refractivity contribution >= 4 is 11.9 Å². The number of allylic oxidation sites excluding steroid dienone is 1. The Labute approximate surface area is 235 Å². The van der Waals surface area contributed by atoms with E-state index in [4.69, 9.17) is 9.47 Å². The molecule has 5 aliphatic rings. The summed E-state index contributed by atoms with van der Waals surface area (Å²) in [6, 6.07) is 0. The zero-order valence-corrected chi connectivity index (χ0v) is 25.7. The van der Waals surface area contributed by atoms with Crippen LogP contribution in [0.1, 0.15) is 107 Å². The summed E-state index contributed by atoms with van der Waals surface area (Å²) in [7, 11) is 1.49. The fourth-order valence-corrected chi connectivity index (χ4v) is 11.5. The molecule has 4 saturated carbocycles. The molecule has 39 heavy (non-hydrogen) atoms. The van der Waals surface area contributed by atoms with Gasteiger partial charge in [-0.05, 0) is 97.7 Å².